The zero-order valence-corrected chi connectivity index (χ0v) is 11.5. The van der Waals surface area contributed by atoms with Gasteiger partial charge in [-0.25, -0.2) is 13.6 Å². The zero-order valence-electron chi connectivity index (χ0n) is 10.7. The number of benzene rings is 1. The fraction of sp³-hybridized carbons (Fsp3) is 0.167. The molecule has 0 aliphatic rings. The van der Waals surface area contributed by atoms with E-state index in [2.05, 4.69) is 10.5 Å². The smallest absolute Gasteiger partial charge is 0.256 e. The second-order valence-electron chi connectivity index (χ2n) is 4.17. The fourth-order valence-corrected chi connectivity index (χ4v) is 2.21. The van der Waals surface area contributed by atoms with Gasteiger partial charge in [0.1, 0.15) is 11.3 Å². The number of rotatable bonds is 4. The molecule has 1 aromatic carbocycles. The highest BCUT2D eigenvalue weighted by molar-refractivity contribution is 7.89. The highest BCUT2D eigenvalue weighted by atomic mass is 32.2. The van der Waals surface area contributed by atoms with Crippen LogP contribution in [0.3, 0.4) is 0 Å². The van der Waals surface area contributed by atoms with Gasteiger partial charge in [0, 0.05) is 6.54 Å². The Hall–Kier alpha value is -2.19. The van der Waals surface area contributed by atoms with E-state index in [1.165, 1.54) is 18.3 Å². The van der Waals surface area contributed by atoms with Gasteiger partial charge in [0.2, 0.25) is 10.0 Å². The molecule has 0 bridgehead atoms. The summed E-state index contributed by atoms with van der Waals surface area (Å²) in [6, 6.07) is 6.06. The number of nitrogens with two attached hydrogens (primary N) is 1. The summed E-state index contributed by atoms with van der Waals surface area (Å²) >= 11 is 0. The summed E-state index contributed by atoms with van der Waals surface area (Å²) in [7, 11) is -3.75. The number of hydrogen-bond acceptors (Lipinski definition) is 5. The van der Waals surface area contributed by atoms with Gasteiger partial charge in [0.15, 0.2) is 0 Å². The first-order valence-electron chi connectivity index (χ1n) is 5.69. The molecule has 0 fully saturated rings. The highest BCUT2D eigenvalue weighted by Gasteiger charge is 2.13. The van der Waals surface area contributed by atoms with Crippen LogP contribution in [0.15, 0.2) is 39.9 Å². The van der Waals surface area contributed by atoms with Gasteiger partial charge in [-0.2, -0.15) is 0 Å². The molecule has 1 amide bonds. The van der Waals surface area contributed by atoms with Gasteiger partial charge < -0.3 is 9.84 Å². The van der Waals surface area contributed by atoms with E-state index in [1.807, 2.05) is 0 Å². The van der Waals surface area contributed by atoms with Gasteiger partial charge in [-0.3, -0.25) is 4.79 Å². The van der Waals surface area contributed by atoms with Crippen LogP contribution in [0.5, 0.6) is 0 Å². The number of carbonyl (C=O) groups excluding carboxylic acids is 1. The predicted molar refractivity (Wildman–Crippen MR) is 70.2 cm³/mol. The maximum Gasteiger partial charge on any atom is 0.256 e. The van der Waals surface area contributed by atoms with Crippen molar-refractivity contribution in [2.75, 3.05) is 0 Å². The van der Waals surface area contributed by atoms with Crippen molar-refractivity contribution < 1.29 is 17.7 Å². The topological polar surface area (TPSA) is 115 Å². The van der Waals surface area contributed by atoms with E-state index < -0.39 is 10.0 Å². The molecule has 2 rings (SSSR count). The average Bonchev–Trinajstić information content (AvgIpc) is 2.82. The van der Waals surface area contributed by atoms with Crippen LogP contribution in [0.4, 0.5) is 0 Å². The molecule has 0 unspecified atom stereocenters. The quantitative estimate of drug-likeness (QED) is 0.855. The molecule has 106 valence electrons. The fourth-order valence-electron chi connectivity index (χ4n) is 1.63. The van der Waals surface area contributed by atoms with Gasteiger partial charge in [-0.15, -0.1) is 0 Å². The lowest BCUT2D eigenvalue weighted by atomic mass is 10.2. The highest BCUT2D eigenvalue weighted by Crippen LogP contribution is 2.10. The number of aryl methyl sites for hydroxylation is 1. The molecule has 0 spiro atoms. The van der Waals surface area contributed by atoms with Gasteiger partial charge in [-0.1, -0.05) is 17.3 Å². The van der Waals surface area contributed by atoms with Gasteiger partial charge in [-0.05, 0) is 24.6 Å². The molecule has 1 heterocycles. The number of carbonyl (C=O) groups is 1. The first kappa shape index (κ1) is 14.2. The first-order chi connectivity index (χ1) is 9.38. The van der Waals surface area contributed by atoms with Gasteiger partial charge in [0.05, 0.1) is 11.1 Å². The van der Waals surface area contributed by atoms with Crippen LogP contribution in [0.25, 0.3) is 0 Å². The minimum Gasteiger partial charge on any atom is -0.361 e. The second kappa shape index (κ2) is 5.43. The van der Waals surface area contributed by atoms with Crippen molar-refractivity contribution in [1.82, 2.24) is 10.5 Å². The Kier molecular flexibility index (Phi) is 3.86. The standard InChI is InChI=1S/C12H13N3O4S/c1-8-11(7-15-19-8)12(16)14-6-9-3-2-4-10(5-9)20(13,17)18/h2-5,7H,6H2,1H3,(H,14,16)(H2,13,17,18). The number of primary sulfonamides is 1. The Morgan fingerprint density at radius 3 is 2.80 bits per heavy atom. The summed E-state index contributed by atoms with van der Waals surface area (Å²) in [4.78, 5) is 11.8. The molecule has 0 aliphatic carbocycles. The van der Waals surface area contributed by atoms with Crippen LogP contribution in [-0.4, -0.2) is 19.5 Å². The van der Waals surface area contributed by atoms with Crippen LogP contribution >= 0.6 is 0 Å². The second-order valence-corrected chi connectivity index (χ2v) is 5.73. The molecule has 3 N–H and O–H groups in total. The molecular weight excluding hydrogens is 282 g/mol. The Balaban J connectivity index is 2.09. The molecule has 2 aromatic rings. The van der Waals surface area contributed by atoms with Gasteiger partial charge in [0.25, 0.3) is 5.91 Å². The SMILES string of the molecule is Cc1oncc1C(=O)NCc1cccc(S(N)(=O)=O)c1. The summed E-state index contributed by atoms with van der Waals surface area (Å²) in [5, 5.41) is 11.2. The summed E-state index contributed by atoms with van der Waals surface area (Å²) in [6.07, 6.45) is 1.32. The first-order valence-corrected chi connectivity index (χ1v) is 7.24. The van der Waals surface area contributed by atoms with Gasteiger partial charge >= 0.3 is 0 Å². The molecule has 0 radical (unpaired) electrons. The summed E-state index contributed by atoms with van der Waals surface area (Å²) in [6.45, 7) is 1.80. The lowest BCUT2D eigenvalue weighted by Crippen LogP contribution is -2.23. The van der Waals surface area contributed by atoms with Crippen molar-refractivity contribution >= 4 is 15.9 Å². The number of nitrogens with zero attached hydrogens (tertiary/aromatic N) is 1. The van der Waals surface area contributed by atoms with E-state index in [9.17, 15) is 13.2 Å². The number of nitrogens with one attached hydrogen (secondary N) is 1. The monoisotopic (exact) mass is 295 g/mol. The maximum absolute atomic E-state index is 11.8. The van der Waals surface area contributed by atoms with E-state index in [0.717, 1.165) is 0 Å². The lowest BCUT2D eigenvalue weighted by Gasteiger charge is -2.05. The van der Waals surface area contributed by atoms with E-state index in [-0.39, 0.29) is 17.3 Å². The molecule has 20 heavy (non-hydrogen) atoms. The van der Waals surface area contributed by atoms with Crippen molar-refractivity contribution in [2.45, 2.75) is 18.4 Å². The normalized spacial score (nSPS) is 11.3. The van der Waals surface area contributed by atoms with E-state index in [1.54, 1.807) is 19.1 Å². The Morgan fingerprint density at radius 1 is 1.45 bits per heavy atom. The number of aromatic nitrogens is 1. The predicted octanol–water partition coefficient (Wildman–Crippen LogP) is 0.560. The van der Waals surface area contributed by atoms with Crippen LogP contribution < -0.4 is 10.5 Å². The minimum atomic E-state index is -3.75. The molecule has 8 heteroatoms. The van der Waals surface area contributed by atoms with Crippen molar-refractivity contribution in [3.8, 4) is 0 Å². The van der Waals surface area contributed by atoms with Crippen LogP contribution in [-0.2, 0) is 16.6 Å². The van der Waals surface area contributed by atoms with E-state index >= 15 is 0 Å². The number of hydrogen-bond donors (Lipinski definition) is 2. The Bertz CT molecular complexity index is 737. The molecule has 0 saturated carbocycles. The lowest BCUT2D eigenvalue weighted by molar-refractivity contribution is 0.0949. The zero-order chi connectivity index (χ0) is 14.8. The third kappa shape index (κ3) is 3.22. The van der Waals surface area contributed by atoms with E-state index in [4.69, 9.17) is 9.66 Å². The molecule has 0 saturated heterocycles. The number of sulfonamides is 1. The summed E-state index contributed by atoms with van der Waals surface area (Å²) in [5.41, 5.74) is 0.964. The van der Waals surface area contributed by atoms with Crippen molar-refractivity contribution in [3.05, 3.63) is 47.3 Å². The summed E-state index contributed by atoms with van der Waals surface area (Å²) in [5.74, 6) is 0.0746. The summed E-state index contributed by atoms with van der Waals surface area (Å²) < 4.78 is 27.2. The Morgan fingerprint density at radius 2 is 2.20 bits per heavy atom. The van der Waals surface area contributed by atoms with E-state index in [0.29, 0.717) is 16.9 Å². The molecule has 7 nitrogen and oxygen atoms in total. The maximum atomic E-state index is 11.8. The molecule has 0 aliphatic heterocycles. The Labute approximate surface area is 115 Å². The minimum absolute atomic E-state index is 0.00501. The van der Waals surface area contributed by atoms with Crippen LogP contribution in [0.2, 0.25) is 0 Å². The van der Waals surface area contributed by atoms with Crippen LogP contribution in [0, 0.1) is 6.92 Å². The third-order valence-electron chi connectivity index (χ3n) is 2.68. The largest absolute Gasteiger partial charge is 0.361 e. The molecular formula is C12H13N3O4S. The van der Waals surface area contributed by atoms with Crippen molar-refractivity contribution in [2.24, 2.45) is 5.14 Å². The third-order valence-corrected chi connectivity index (χ3v) is 3.59. The average molecular weight is 295 g/mol. The van der Waals surface area contributed by atoms with Crippen LogP contribution in [0.1, 0.15) is 21.7 Å². The molecule has 0 atom stereocenters. The van der Waals surface area contributed by atoms with Crippen molar-refractivity contribution in [1.29, 1.82) is 0 Å². The number of amides is 1. The van der Waals surface area contributed by atoms with Crippen molar-refractivity contribution in [3.63, 3.8) is 0 Å². The molecule has 1 aromatic heterocycles.